The number of nitrogens with two attached hydrogens (primary N) is 1. The Morgan fingerprint density at radius 1 is 1.57 bits per heavy atom. The number of piperidine rings is 1. The average Bonchev–Trinajstić information content (AvgIpc) is 2.19. The third kappa shape index (κ3) is 2.94. The van der Waals surface area contributed by atoms with Crippen LogP contribution in [0, 0.1) is 0 Å². The highest BCUT2D eigenvalue weighted by atomic mass is 15.2. The van der Waals surface area contributed by atoms with Gasteiger partial charge >= 0.3 is 0 Å². The van der Waals surface area contributed by atoms with Gasteiger partial charge in [0.2, 0.25) is 0 Å². The molecule has 0 aliphatic carbocycles. The summed E-state index contributed by atoms with van der Waals surface area (Å²) in [5.74, 6) is 0. The zero-order chi connectivity index (χ0) is 10.6. The van der Waals surface area contributed by atoms with Crippen molar-refractivity contribution in [2.75, 3.05) is 33.7 Å². The van der Waals surface area contributed by atoms with Gasteiger partial charge < -0.3 is 10.6 Å². The van der Waals surface area contributed by atoms with Crippen molar-refractivity contribution >= 4 is 0 Å². The van der Waals surface area contributed by atoms with E-state index in [4.69, 9.17) is 5.73 Å². The van der Waals surface area contributed by atoms with Gasteiger partial charge in [-0.25, -0.2) is 0 Å². The number of nitrogens with zero attached hydrogens (tertiary/aromatic N) is 2. The third-order valence-corrected chi connectivity index (χ3v) is 3.49. The van der Waals surface area contributed by atoms with Crippen LogP contribution in [0.2, 0.25) is 0 Å². The summed E-state index contributed by atoms with van der Waals surface area (Å²) in [6, 6.07) is 1.27. The number of likely N-dealkylation sites (tertiary alicyclic amines) is 1. The van der Waals surface area contributed by atoms with Crippen LogP contribution in [0.3, 0.4) is 0 Å². The Morgan fingerprint density at radius 3 is 2.79 bits per heavy atom. The van der Waals surface area contributed by atoms with Crippen molar-refractivity contribution in [1.82, 2.24) is 9.80 Å². The minimum atomic E-state index is 0.562. The van der Waals surface area contributed by atoms with Gasteiger partial charge in [0.25, 0.3) is 0 Å². The average molecular weight is 199 g/mol. The van der Waals surface area contributed by atoms with E-state index in [9.17, 15) is 0 Å². The molecule has 0 bridgehead atoms. The molecule has 2 unspecified atom stereocenters. The van der Waals surface area contributed by atoms with Crippen molar-refractivity contribution < 1.29 is 0 Å². The molecule has 1 aliphatic rings. The second kappa shape index (κ2) is 5.69. The van der Waals surface area contributed by atoms with Crippen LogP contribution in [0.15, 0.2) is 0 Å². The first-order valence-electron chi connectivity index (χ1n) is 5.79. The zero-order valence-electron chi connectivity index (χ0n) is 9.87. The maximum atomic E-state index is 5.77. The van der Waals surface area contributed by atoms with E-state index in [0.717, 1.165) is 13.0 Å². The smallest absolute Gasteiger partial charge is 0.0223 e. The van der Waals surface area contributed by atoms with Crippen molar-refractivity contribution in [3.63, 3.8) is 0 Å². The van der Waals surface area contributed by atoms with Gasteiger partial charge in [-0.15, -0.1) is 0 Å². The minimum Gasteiger partial charge on any atom is -0.329 e. The predicted octanol–water partition coefficient (Wildman–Crippen LogP) is 0.750. The van der Waals surface area contributed by atoms with E-state index >= 15 is 0 Å². The molecule has 3 nitrogen and oxygen atoms in total. The van der Waals surface area contributed by atoms with Crippen LogP contribution in [0.1, 0.15) is 26.2 Å². The van der Waals surface area contributed by atoms with Crippen LogP contribution in [0.25, 0.3) is 0 Å². The summed E-state index contributed by atoms with van der Waals surface area (Å²) < 4.78 is 0. The van der Waals surface area contributed by atoms with E-state index < -0.39 is 0 Å². The number of likely N-dealkylation sites (N-methyl/N-ethyl adjacent to an activating group) is 2. The molecule has 1 fully saturated rings. The lowest BCUT2D eigenvalue weighted by atomic mass is 10.0. The zero-order valence-corrected chi connectivity index (χ0v) is 9.87. The third-order valence-electron chi connectivity index (χ3n) is 3.49. The van der Waals surface area contributed by atoms with Crippen LogP contribution in [0.4, 0.5) is 0 Å². The highest BCUT2D eigenvalue weighted by Gasteiger charge is 2.24. The Bertz CT molecular complexity index is 157. The standard InChI is InChI=1S/C11H25N3/c1-4-10(8-12)14(3)11-6-5-7-13(2)9-11/h10-11H,4-9,12H2,1-3H3. The van der Waals surface area contributed by atoms with Crippen LogP contribution in [-0.2, 0) is 0 Å². The Balaban J connectivity index is 2.45. The van der Waals surface area contributed by atoms with E-state index in [1.807, 2.05) is 0 Å². The Morgan fingerprint density at radius 2 is 2.29 bits per heavy atom. The Labute approximate surface area is 88.2 Å². The molecule has 0 aromatic carbocycles. The molecule has 0 spiro atoms. The second-order valence-electron chi connectivity index (χ2n) is 4.52. The maximum Gasteiger partial charge on any atom is 0.0223 e. The summed E-state index contributed by atoms with van der Waals surface area (Å²) in [5.41, 5.74) is 5.77. The van der Waals surface area contributed by atoms with Crippen molar-refractivity contribution in [2.24, 2.45) is 5.73 Å². The van der Waals surface area contributed by atoms with E-state index in [2.05, 4.69) is 30.8 Å². The fourth-order valence-corrected chi connectivity index (χ4v) is 2.39. The van der Waals surface area contributed by atoms with E-state index in [1.54, 1.807) is 0 Å². The van der Waals surface area contributed by atoms with Gasteiger partial charge in [0.05, 0.1) is 0 Å². The molecule has 0 amide bonds. The van der Waals surface area contributed by atoms with E-state index in [-0.39, 0.29) is 0 Å². The highest BCUT2D eigenvalue weighted by molar-refractivity contribution is 4.81. The van der Waals surface area contributed by atoms with Gasteiger partial charge in [-0.1, -0.05) is 6.92 Å². The molecule has 0 aromatic heterocycles. The van der Waals surface area contributed by atoms with Gasteiger partial charge in [0, 0.05) is 25.2 Å². The highest BCUT2D eigenvalue weighted by Crippen LogP contribution is 2.16. The lowest BCUT2D eigenvalue weighted by Crippen LogP contribution is -2.50. The quantitative estimate of drug-likeness (QED) is 0.725. The first-order chi connectivity index (χ1) is 6.69. The maximum absolute atomic E-state index is 5.77. The Kier molecular flexibility index (Phi) is 4.85. The van der Waals surface area contributed by atoms with E-state index in [1.165, 1.54) is 25.9 Å². The van der Waals surface area contributed by atoms with Gasteiger partial charge in [0.15, 0.2) is 0 Å². The van der Waals surface area contributed by atoms with Gasteiger partial charge in [-0.05, 0) is 39.9 Å². The largest absolute Gasteiger partial charge is 0.329 e. The Hall–Kier alpha value is -0.120. The van der Waals surface area contributed by atoms with Crippen LogP contribution >= 0.6 is 0 Å². The summed E-state index contributed by atoms with van der Waals surface area (Å²) in [4.78, 5) is 4.91. The van der Waals surface area contributed by atoms with Gasteiger partial charge in [-0.2, -0.15) is 0 Å². The van der Waals surface area contributed by atoms with Gasteiger partial charge in [-0.3, -0.25) is 4.90 Å². The lowest BCUT2D eigenvalue weighted by molar-refractivity contribution is 0.0993. The summed E-state index contributed by atoms with van der Waals surface area (Å²) in [5, 5.41) is 0. The molecule has 0 aromatic rings. The molecular weight excluding hydrogens is 174 g/mol. The normalized spacial score (nSPS) is 26.8. The molecule has 1 aliphatic heterocycles. The lowest BCUT2D eigenvalue weighted by Gasteiger charge is -2.39. The number of hydrogen-bond donors (Lipinski definition) is 1. The molecule has 1 heterocycles. The topological polar surface area (TPSA) is 32.5 Å². The number of rotatable bonds is 4. The van der Waals surface area contributed by atoms with Crippen molar-refractivity contribution in [3.05, 3.63) is 0 Å². The summed E-state index contributed by atoms with van der Waals surface area (Å²) in [6.45, 7) is 5.46. The molecule has 2 N–H and O–H groups in total. The molecule has 1 rings (SSSR count). The molecule has 2 atom stereocenters. The molecule has 84 valence electrons. The first-order valence-corrected chi connectivity index (χ1v) is 5.79. The fourth-order valence-electron chi connectivity index (χ4n) is 2.39. The predicted molar refractivity (Wildman–Crippen MR) is 61.4 cm³/mol. The van der Waals surface area contributed by atoms with Crippen LogP contribution in [0.5, 0.6) is 0 Å². The monoisotopic (exact) mass is 199 g/mol. The second-order valence-corrected chi connectivity index (χ2v) is 4.52. The SMILES string of the molecule is CCC(CN)N(C)C1CCCN(C)C1. The van der Waals surface area contributed by atoms with Crippen molar-refractivity contribution in [3.8, 4) is 0 Å². The number of hydrogen-bond acceptors (Lipinski definition) is 3. The van der Waals surface area contributed by atoms with E-state index in [0.29, 0.717) is 12.1 Å². The van der Waals surface area contributed by atoms with Gasteiger partial charge in [0.1, 0.15) is 0 Å². The molecule has 0 radical (unpaired) electrons. The minimum absolute atomic E-state index is 0.562. The summed E-state index contributed by atoms with van der Waals surface area (Å²) in [6.07, 6.45) is 3.82. The fraction of sp³-hybridized carbons (Fsp3) is 1.00. The van der Waals surface area contributed by atoms with Crippen molar-refractivity contribution in [2.45, 2.75) is 38.3 Å². The summed E-state index contributed by atoms with van der Waals surface area (Å²) >= 11 is 0. The molecular formula is C11H25N3. The van der Waals surface area contributed by atoms with Crippen molar-refractivity contribution in [1.29, 1.82) is 0 Å². The molecule has 3 heteroatoms. The first kappa shape index (κ1) is 12.0. The molecule has 14 heavy (non-hydrogen) atoms. The van der Waals surface area contributed by atoms with Crippen LogP contribution < -0.4 is 5.73 Å². The molecule has 0 saturated carbocycles. The summed E-state index contributed by atoms with van der Waals surface area (Å²) in [7, 11) is 4.44. The van der Waals surface area contributed by atoms with Crippen LogP contribution in [-0.4, -0.2) is 55.6 Å². The molecule has 1 saturated heterocycles.